The molecule has 0 heterocycles. The van der Waals surface area contributed by atoms with Gasteiger partial charge in [-0.2, -0.15) is 23.5 Å². The minimum atomic E-state index is 0.758. The Morgan fingerprint density at radius 2 is 1.19 bits per heavy atom. The fraction of sp³-hybridized carbons (Fsp3) is 0.500. The highest BCUT2D eigenvalue weighted by molar-refractivity contribution is 7.98. The number of ether oxygens (including phenoxy) is 2. The van der Waals surface area contributed by atoms with E-state index in [0.29, 0.717) is 0 Å². The molecule has 16 heavy (non-hydrogen) atoms. The van der Waals surface area contributed by atoms with Gasteiger partial charge in [0.05, 0.1) is 13.2 Å². The summed E-state index contributed by atoms with van der Waals surface area (Å²) >= 11 is 3.57. The first kappa shape index (κ1) is 13.6. The van der Waals surface area contributed by atoms with Gasteiger partial charge in [0.15, 0.2) is 0 Å². The molecule has 0 fully saturated rings. The Hall–Kier alpha value is -0.480. The first-order valence-corrected chi connectivity index (χ1v) is 7.99. The molecule has 0 bridgehead atoms. The first-order valence-electron chi connectivity index (χ1n) is 5.20. The van der Waals surface area contributed by atoms with Gasteiger partial charge >= 0.3 is 0 Å². The fourth-order valence-corrected chi connectivity index (χ4v) is 1.62. The molecular weight excluding hydrogens is 240 g/mol. The molecule has 0 saturated carbocycles. The van der Waals surface area contributed by atoms with Crippen LogP contribution in [0.25, 0.3) is 0 Å². The largest absolute Gasteiger partial charge is 0.493 e. The van der Waals surface area contributed by atoms with Crippen molar-refractivity contribution in [3.8, 4) is 11.5 Å². The van der Waals surface area contributed by atoms with Crippen LogP contribution in [0.4, 0.5) is 0 Å². The van der Waals surface area contributed by atoms with Crippen LogP contribution in [-0.2, 0) is 0 Å². The Balaban J connectivity index is 2.30. The number of benzene rings is 1. The van der Waals surface area contributed by atoms with Crippen LogP contribution in [0.15, 0.2) is 24.3 Å². The summed E-state index contributed by atoms with van der Waals surface area (Å²) in [6.45, 7) is 1.52. The summed E-state index contributed by atoms with van der Waals surface area (Å²) < 4.78 is 11.1. The molecule has 0 radical (unpaired) electrons. The lowest BCUT2D eigenvalue weighted by Gasteiger charge is -2.07. The third kappa shape index (κ3) is 5.56. The molecular formula is C12H18O2S2. The van der Waals surface area contributed by atoms with E-state index in [0.717, 1.165) is 36.2 Å². The Morgan fingerprint density at radius 3 is 1.50 bits per heavy atom. The predicted octanol–water partition coefficient (Wildman–Crippen LogP) is 3.17. The third-order valence-corrected chi connectivity index (χ3v) is 3.09. The normalized spacial score (nSPS) is 10.1. The molecule has 0 aliphatic carbocycles. The molecule has 0 saturated heterocycles. The standard InChI is InChI=1S/C12H18O2S2/c1-15-9-7-13-11-3-5-12(6-4-11)14-8-10-16-2/h3-6H,7-10H2,1-2H3. The van der Waals surface area contributed by atoms with Crippen molar-refractivity contribution in [2.24, 2.45) is 0 Å². The Kier molecular flexibility index (Phi) is 7.34. The van der Waals surface area contributed by atoms with Gasteiger partial charge in [0, 0.05) is 11.5 Å². The quantitative estimate of drug-likeness (QED) is 0.666. The summed E-state index contributed by atoms with van der Waals surface area (Å²) in [4.78, 5) is 0. The Morgan fingerprint density at radius 1 is 0.812 bits per heavy atom. The molecule has 1 rings (SSSR count). The van der Waals surface area contributed by atoms with Gasteiger partial charge in [-0.05, 0) is 36.8 Å². The van der Waals surface area contributed by atoms with Crippen molar-refractivity contribution in [3.05, 3.63) is 24.3 Å². The van der Waals surface area contributed by atoms with E-state index >= 15 is 0 Å². The molecule has 0 amide bonds. The smallest absolute Gasteiger partial charge is 0.119 e. The molecule has 0 unspecified atom stereocenters. The number of hydrogen-bond acceptors (Lipinski definition) is 4. The minimum Gasteiger partial charge on any atom is -0.493 e. The average Bonchev–Trinajstić information content (AvgIpc) is 2.32. The second-order valence-corrected chi connectivity index (χ2v) is 5.13. The molecule has 0 atom stereocenters. The van der Waals surface area contributed by atoms with Crippen molar-refractivity contribution in [3.63, 3.8) is 0 Å². The van der Waals surface area contributed by atoms with E-state index in [1.165, 1.54) is 0 Å². The number of thioether (sulfide) groups is 2. The predicted molar refractivity (Wildman–Crippen MR) is 74.2 cm³/mol. The second-order valence-electron chi connectivity index (χ2n) is 3.15. The summed E-state index contributed by atoms with van der Waals surface area (Å²) in [6, 6.07) is 7.81. The topological polar surface area (TPSA) is 18.5 Å². The van der Waals surface area contributed by atoms with E-state index in [9.17, 15) is 0 Å². The van der Waals surface area contributed by atoms with Crippen molar-refractivity contribution < 1.29 is 9.47 Å². The monoisotopic (exact) mass is 258 g/mol. The summed E-state index contributed by atoms with van der Waals surface area (Å²) in [5.41, 5.74) is 0. The molecule has 4 heteroatoms. The molecule has 90 valence electrons. The van der Waals surface area contributed by atoms with Gasteiger partial charge in [-0.3, -0.25) is 0 Å². The number of hydrogen-bond donors (Lipinski definition) is 0. The SMILES string of the molecule is CSCCOc1ccc(OCCSC)cc1. The molecule has 0 spiro atoms. The highest BCUT2D eigenvalue weighted by atomic mass is 32.2. The maximum Gasteiger partial charge on any atom is 0.119 e. The van der Waals surface area contributed by atoms with Gasteiger partial charge in [-0.15, -0.1) is 0 Å². The molecule has 0 aliphatic rings. The first-order chi connectivity index (χ1) is 7.86. The summed E-state index contributed by atoms with van der Waals surface area (Å²) in [6.07, 6.45) is 4.15. The van der Waals surface area contributed by atoms with Crippen molar-refractivity contribution in [2.45, 2.75) is 0 Å². The van der Waals surface area contributed by atoms with E-state index in [-0.39, 0.29) is 0 Å². The van der Waals surface area contributed by atoms with Crippen LogP contribution in [0.3, 0.4) is 0 Å². The van der Waals surface area contributed by atoms with E-state index in [4.69, 9.17) is 9.47 Å². The minimum absolute atomic E-state index is 0.758. The van der Waals surface area contributed by atoms with Crippen molar-refractivity contribution in [2.75, 3.05) is 37.2 Å². The molecule has 2 nitrogen and oxygen atoms in total. The zero-order valence-electron chi connectivity index (χ0n) is 9.77. The lowest BCUT2D eigenvalue weighted by Crippen LogP contribution is -2.01. The molecule has 1 aromatic rings. The van der Waals surface area contributed by atoms with Gasteiger partial charge in [-0.1, -0.05) is 0 Å². The maximum atomic E-state index is 5.55. The second kappa shape index (κ2) is 8.65. The summed E-state index contributed by atoms with van der Waals surface area (Å²) in [7, 11) is 0. The van der Waals surface area contributed by atoms with E-state index in [1.54, 1.807) is 23.5 Å². The third-order valence-electron chi connectivity index (χ3n) is 1.94. The van der Waals surface area contributed by atoms with Crippen molar-refractivity contribution in [1.29, 1.82) is 0 Å². The van der Waals surface area contributed by atoms with Crippen LogP contribution in [-0.4, -0.2) is 37.2 Å². The lowest BCUT2D eigenvalue weighted by atomic mass is 10.3. The number of rotatable bonds is 8. The van der Waals surface area contributed by atoms with Crippen LogP contribution in [0.2, 0.25) is 0 Å². The Bertz CT molecular complexity index is 246. The highest BCUT2D eigenvalue weighted by Gasteiger charge is 1.96. The Labute approximate surface area is 106 Å². The fourth-order valence-electron chi connectivity index (χ4n) is 1.12. The molecule has 0 aliphatic heterocycles. The zero-order chi connectivity index (χ0) is 11.6. The molecule has 0 N–H and O–H groups in total. The zero-order valence-corrected chi connectivity index (χ0v) is 11.4. The van der Waals surface area contributed by atoms with Gasteiger partial charge in [0.2, 0.25) is 0 Å². The van der Waals surface area contributed by atoms with Crippen LogP contribution in [0.5, 0.6) is 11.5 Å². The van der Waals surface area contributed by atoms with Crippen LogP contribution in [0.1, 0.15) is 0 Å². The molecule has 0 aromatic heterocycles. The van der Waals surface area contributed by atoms with E-state index < -0.39 is 0 Å². The summed E-state index contributed by atoms with van der Waals surface area (Å²) in [5.74, 6) is 3.86. The van der Waals surface area contributed by atoms with Gasteiger partial charge in [-0.25, -0.2) is 0 Å². The van der Waals surface area contributed by atoms with Crippen molar-refractivity contribution in [1.82, 2.24) is 0 Å². The van der Waals surface area contributed by atoms with Crippen LogP contribution in [0, 0.1) is 0 Å². The average molecular weight is 258 g/mol. The lowest BCUT2D eigenvalue weighted by molar-refractivity contribution is 0.334. The van der Waals surface area contributed by atoms with Crippen LogP contribution < -0.4 is 9.47 Å². The highest BCUT2D eigenvalue weighted by Crippen LogP contribution is 2.17. The van der Waals surface area contributed by atoms with Gasteiger partial charge < -0.3 is 9.47 Å². The van der Waals surface area contributed by atoms with Crippen molar-refractivity contribution >= 4 is 23.5 Å². The van der Waals surface area contributed by atoms with E-state index in [1.807, 2.05) is 24.3 Å². The van der Waals surface area contributed by atoms with Crippen LogP contribution >= 0.6 is 23.5 Å². The van der Waals surface area contributed by atoms with Gasteiger partial charge in [0.1, 0.15) is 11.5 Å². The molecule has 1 aromatic carbocycles. The van der Waals surface area contributed by atoms with E-state index in [2.05, 4.69) is 12.5 Å². The maximum absolute atomic E-state index is 5.55. The van der Waals surface area contributed by atoms with Gasteiger partial charge in [0.25, 0.3) is 0 Å². The summed E-state index contributed by atoms with van der Waals surface area (Å²) in [5, 5.41) is 0.